The van der Waals surface area contributed by atoms with Gasteiger partial charge in [-0.15, -0.1) is 16.4 Å². The monoisotopic (exact) mass is 337 g/mol. The summed E-state index contributed by atoms with van der Waals surface area (Å²) in [6.07, 6.45) is 0. The average molecular weight is 338 g/mol. The third-order valence-corrected chi connectivity index (χ3v) is 4.39. The van der Waals surface area contributed by atoms with Gasteiger partial charge in [-0.1, -0.05) is 11.3 Å². The molecule has 2 aromatic heterocycles. The molecule has 0 spiro atoms. The molecule has 1 aromatic carbocycles. The molecular formula is C12H8BrN3O2S. The van der Waals surface area contributed by atoms with Crippen LogP contribution in [-0.4, -0.2) is 26.1 Å². The fraction of sp³-hybridized carbons (Fsp3) is 0.0833. The number of nitrogens with zero attached hydrogens (tertiary/aromatic N) is 3. The maximum absolute atomic E-state index is 11.1. The van der Waals surface area contributed by atoms with E-state index in [-0.39, 0.29) is 5.56 Å². The Labute approximate surface area is 120 Å². The first-order chi connectivity index (χ1) is 9.15. The lowest BCUT2D eigenvalue weighted by molar-refractivity contribution is 0.0699. The third-order valence-electron chi connectivity index (χ3n) is 2.70. The second kappa shape index (κ2) is 4.75. The number of aromatic carboxylic acids is 1. The van der Waals surface area contributed by atoms with Crippen molar-refractivity contribution in [2.75, 3.05) is 0 Å². The van der Waals surface area contributed by atoms with E-state index in [4.69, 9.17) is 5.11 Å². The van der Waals surface area contributed by atoms with Crippen molar-refractivity contribution in [1.29, 1.82) is 0 Å². The molecule has 0 aliphatic heterocycles. The van der Waals surface area contributed by atoms with E-state index in [0.29, 0.717) is 12.1 Å². The Hall–Kier alpha value is -1.73. The lowest BCUT2D eigenvalue weighted by Crippen LogP contribution is -2.00. The number of thiophene rings is 1. The molecular weight excluding hydrogens is 330 g/mol. The highest BCUT2D eigenvalue weighted by Crippen LogP contribution is 2.22. The Balaban J connectivity index is 2.06. The molecule has 0 radical (unpaired) electrons. The van der Waals surface area contributed by atoms with Crippen LogP contribution >= 0.6 is 27.3 Å². The first kappa shape index (κ1) is 12.3. The number of hydrogen-bond acceptors (Lipinski definition) is 4. The Morgan fingerprint density at radius 3 is 3.00 bits per heavy atom. The van der Waals surface area contributed by atoms with Gasteiger partial charge < -0.3 is 5.11 Å². The van der Waals surface area contributed by atoms with E-state index in [9.17, 15) is 4.79 Å². The number of rotatable bonds is 3. The van der Waals surface area contributed by atoms with E-state index in [1.165, 1.54) is 6.07 Å². The zero-order valence-electron chi connectivity index (χ0n) is 9.58. The molecule has 2 heterocycles. The SMILES string of the molecule is O=C(O)c1cccc2c1nnn2Cc1cc(Br)cs1. The number of carboxylic acid groups (broad SMARTS) is 1. The van der Waals surface area contributed by atoms with Gasteiger partial charge in [0.1, 0.15) is 5.52 Å². The molecule has 19 heavy (non-hydrogen) atoms. The van der Waals surface area contributed by atoms with Crippen LogP contribution < -0.4 is 0 Å². The van der Waals surface area contributed by atoms with Crippen molar-refractivity contribution in [2.24, 2.45) is 0 Å². The zero-order chi connectivity index (χ0) is 13.4. The van der Waals surface area contributed by atoms with Gasteiger partial charge >= 0.3 is 5.97 Å². The quantitative estimate of drug-likeness (QED) is 0.797. The summed E-state index contributed by atoms with van der Waals surface area (Å²) in [7, 11) is 0. The first-order valence-corrected chi connectivity index (χ1v) is 7.11. The maximum Gasteiger partial charge on any atom is 0.338 e. The molecule has 0 aliphatic carbocycles. The van der Waals surface area contributed by atoms with Crippen LogP contribution in [0.3, 0.4) is 0 Å². The zero-order valence-corrected chi connectivity index (χ0v) is 12.0. The van der Waals surface area contributed by atoms with Crippen molar-refractivity contribution >= 4 is 44.3 Å². The van der Waals surface area contributed by atoms with Crippen molar-refractivity contribution in [1.82, 2.24) is 15.0 Å². The highest BCUT2D eigenvalue weighted by Gasteiger charge is 2.14. The molecule has 0 bridgehead atoms. The van der Waals surface area contributed by atoms with E-state index in [0.717, 1.165) is 14.9 Å². The van der Waals surface area contributed by atoms with Crippen molar-refractivity contribution < 1.29 is 9.90 Å². The van der Waals surface area contributed by atoms with Crippen molar-refractivity contribution in [3.63, 3.8) is 0 Å². The predicted octanol–water partition coefficient (Wildman–Crippen LogP) is 3.00. The predicted molar refractivity (Wildman–Crippen MR) is 75.6 cm³/mol. The second-order valence-electron chi connectivity index (χ2n) is 3.96. The molecule has 96 valence electrons. The van der Waals surface area contributed by atoms with Crippen LogP contribution in [0, 0.1) is 0 Å². The van der Waals surface area contributed by atoms with Gasteiger partial charge in [-0.3, -0.25) is 0 Å². The minimum absolute atomic E-state index is 0.177. The molecule has 0 atom stereocenters. The summed E-state index contributed by atoms with van der Waals surface area (Å²) in [5, 5.41) is 19.1. The van der Waals surface area contributed by atoms with Gasteiger partial charge in [-0.2, -0.15) is 0 Å². The van der Waals surface area contributed by atoms with Crippen LogP contribution in [0.5, 0.6) is 0 Å². The average Bonchev–Trinajstić information content (AvgIpc) is 2.97. The lowest BCUT2D eigenvalue weighted by atomic mass is 10.2. The largest absolute Gasteiger partial charge is 0.478 e. The van der Waals surface area contributed by atoms with E-state index in [1.54, 1.807) is 22.1 Å². The molecule has 1 N–H and O–H groups in total. The molecule has 0 fully saturated rings. The maximum atomic E-state index is 11.1. The Morgan fingerprint density at radius 1 is 1.47 bits per heavy atom. The van der Waals surface area contributed by atoms with Crippen LogP contribution in [0.25, 0.3) is 11.0 Å². The van der Waals surface area contributed by atoms with Gasteiger partial charge in [-0.05, 0) is 34.1 Å². The first-order valence-electron chi connectivity index (χ1n) is 5.43. The summed E-state index contributed by atoms with van der Waals surface area (Å²) in [6.45, 7) is 0.579. The van der Waals surface area contributed by atoms with Crippen LogP contribution in [0.4, 0.5) is 0 Å². The van der Waals surface area contributed by atoms with E-state index in [1.807, 2.05) is 17.5 Å². The minimum atomic E-state index is -0.989. The summed E-state index contributed by atoms with van der Waals surface area (Å²) in [5.41, 5.74) is 1.33. The number of hydrogen-bond donors (Lipinski definition) is 1. The summed E-state index contributed by atoms with van der Waals surface area (Å²) in [6, 6.07) is 7.07. The van der Waals surface area contributed by atoms with Crippen LogP contribution in [0.1, 0.15) is 15.2 Å². The van der Waals surface area contributed by atoms with Crippen LogP contribution in [0.15, 0.2) is 34.1 Å². The van der Waals surface area contributed by atoms with Crippen molar-refractivity contribution in [2.45, 2.75) is 6.54 Å². The van der Waals surface area contributed by atoms with Crippen LogP contribution in [0.2, 0.25) is 0 Å². The third kappa shape index (κ3) is 2.26. The van der Waals surface area contributed by atoms with Gasteiger partial charge in [0.05, 0.1) is 17.6 Å². The lowest BCUT2D eigenvalue weighted by Gasteiger charge is -2.00. The second-order valence-corrected chi connectivity index (χ2v) is 5.87. The van der Waals surface area contributed by atoms with Crippen LogP contribution in [-0.2, 0) is 6.54 Å². The Morgan fingerprint density at radius 2 is 2.32 bits per heavy atom. The fourth-order valence-corrected chi connectivity index (χ4v) is 3.30. The van der Waals surface area contributed by atoms with Gasteiger partial charge in [0.15, 0.2) is 0 Å². The topological polar surface area (TPSA) is 68.0 Å². The summed E-state index contributed by atoms with van der Waals surface area (Å²) < 4.78 is 2.74. The van der Waals surface area contributed by atoms with Gasteiger partial charge in [-0.25, -0.2) is 9.48 Å². The highest BCUT2D eigenvalue weighted by atomic mass is 79.9. The van der Waals surface area contributed by atoms with Gasteiger partial charge in [0.2, 0.25) is 0 Å². The van der Waals surface area contributed by atoms with Gasteiger partial charge in [0.25, 0.3) is 0 Å². The highest BCUT2D eigenvalue weighted by molar-refractivity contribution is 9.10. The normalized spacial score (nSPS) is 11.0. The molecule has 0 aliphatic rings. The molecule has 0 unspecified atom stereocenters. The number of fused-ring (bicyclic) bond motifs is 1. The van der Waals surface area contributed by atoms with E-state index < -0.39 is 5.97 Å². The Kier molecular flexibility index (Phi) is 3.08. The number of carbonyl (C=O) groups is 1. The smallest absolute Gasteiger partial charge is 0.338 e. The van der Waals surface area contributed by atoms with E-state index >= 15 is 0 Å². The molecule has 3 rings (SSSR count). The molecule has 3 aromatic rings. The minimum Gasteiger partial charge on any atom is -0.478 e. The van der Waals surface area contributed by atoms with E-state index in [2.05, 4.69) is 26.2 Å². The molecule has 0 saturated carbocycles. The standard InChI is InChI=1S/C12H8BrN3O2S/c13-7-4-8(19-6-7)5-16-10-3-1-2-9(12(17)18)11(10)14-15-16/h1-4,6H,5H2,(H,17,18). The van der Waals surface area contributed by atoms with Crippen molar-refractivity contribution in [3.05, 3.63) is 44.6 Å². The number of halogens is 1. The summed E-state index contributed by atoms with van der Waals surface area (Å²) >= 11 is 5.02. The molecule has 0 amide bonds. The summed E-state index contributed by atoms with van der Waals surface area (Å²) in [5.74, 6) is -0.989. The molecule has 0 saturated heterocycles. The molecule has 7 heteroatoms. The number of benzene rings is 1. The fourth-order valence-electron chi connectivity index (χ4n) is 1.87. The van der Waals surface area contributed by atoms with Crippen molar-refractivity contribution in [3.8, 4) is 0 Å². The number of carboxylic acids is 1. The Bertz CT molecular complexity index is 765. The molecule has 5 nitrogen and oxygen atoms in total. The van der Waals surface area contributed by atoms with Gasteiger partial charge in [0, 0.05) is 14.7 Å². The number of aromatic nitrogens is 3. The summed E-state index contributed by atoms with van der Waals surface area (Å²) in [4.78, 5) is 12.2.